The first-order valence-corrected chi connectivity index (χ1v) is 7.81. The molecule has 0 aromatic heterocycles. The van der Waals surface area contributed by atoms with E-state index in [1.165, 1.54) is 32.8 Å². The van der Waals surface area contributed by atoms with E-state index in [-0.39, 0.29) is 5.97 Å². The molecule has 0 aliphatic rings. The number of allylic oxidation sites excluding steroid dienone is 1. The molecular weight excluding hydrogens is 248 g/mol. The summed E-state index contributed by atoms with van der Waals surface area (Å²) >= 11 is 0. The minimum atomic E-state index is -0.244. The predicted molar refractivity (Wildman–Crippen MR) is 86.7 cm³/mol. The van der Waals surface area contributed by atoms with Crippen molar-refractivity contribution < 1.29 is 9.53 Å². The molecule has 2 heteroatoms. The van der Waals surface area contributed by atoms with Crippen LogP contribution < -0.4 is 0 Å². The van der Waals surface area contributed by atoms with Crippen molar-refractivity contribution in [3.8, 4) is 0 Å². The Bertz CT molecular complexity index is 319. The fraction of sp³-hybridized carbons (Fsp3) is 0.833. The van der Waals surface area contributed by atoms with E-state index in [9.17, 15) is 4.79 Å². The van der Waals surface area contributed by atoms with Gasteiger partial charge in [0.15, 0.2) is 0 Å². The van der Waals surface area contributed by atoms with Gasteiger partial charge < -0.3 is 4.74 Å². The Labute approximate surface area is 126 Å². The fourth-order valence-electron chi connectivity index (χ4n) is 2.40. The van der Waals surface area contributed by atoms with Crippen molar-refractivity contribution in [1.29, 1.82) is 0 Å². The van der Waals surface area contributed by atoms with Crippen LogP contribution in [0.15, 0.2) is 11.6 Å². The van der Waals surface area contributed by atoms with Crippen molar-refractivity contribution in [2.24, 2.45) is 10.8 Å². The standard InChI is InChI=1S/C18H34O2/c1-15(14-16(19)20-7)10-8-12-18(5,6)13-9-11-17(2,3)4/h14H,8-13H2,1-7H3. The van der Waals surface area contributed by atoms with Crippen molar-refractivity contribution >= 4 is 5.97 Å². The lowest BCUT2D eigenvalue weighted by molar-refractivity contribution is -0.134. The number of hydrogen-bond donors (Lipinski definition) is 0. The Balaban J connectivity index is 3.98. The topological polar surface area (TPSA) is 26.3 Å². The highest BCUT2D eigenvalue weighted by Crippen LogP contribution is 2.32. The lowest BCUT2D eigenvalue weighted by atomic mass is 9.79. The molecule has 0 aromatic carbocycles. The molecule has 0 spiro atoms. The van der Waals surface area contributed by atoms with E-state index in [0.29, 0.717) is 10.8 Å². The fourth-order valence-corrected chi connectivity index (χ4v) is 2.40. The molecule has 0 amide bonds. The zero-order valence-electron chi connectivity index (χ0n) is 14.6. The second kappa shape index (κ2) is 8.49. The summed E-state index contributed by atoms with van der Waals surface area (Å²) in [5.41, 5.74) is 1.95. The minimum absolute atomic E-state index is 0.244. The third kappa shape index (κ3) is 11.1. The Morgan fingerprint density at radius 2 is 1.55 bits per heavy atom. The largest absolute Gasteiger partial charge is 0.466 e. The van der Waals surface area contributed by atoms with Crippen LogP contribution in [0, 0.1) is 10.8 Å². The molecule has 0 aliphatic heterocycles. The zero-order chi connectivity index (χ0) is 15.8. The maximum atomic E-state index is 11.1. The second-order valence-corrected chi connectivity index (χ2v) is 7.95. The van der Waals surface area contributed by atoms with Crippen molar-refractivity contribution in [3.63, 3.8) is 0 Å². The molecule has 2 nitrogen and oxygen atoms in total. The van der Waals surface area contributed by atoms with Gasteiger partial charge in [-0.05, 0) is 49.9 Å². The van der Waals surface area contributed by atoms with Gasteiger partial charge in [0.25, 0.3) is 0 Å². The van der Waals surface area contributed by atoms with Gasteiger partial charge in [0, 0.05) is 6.08 Å². The van der Waals surface area contributed by atoms with Gasteiger partial charge in [0.2, 0.25) is 0 Å². The lowest BCUT2D eigenvalue weighted by Gasteiger charge is -2.27. The van der Waals surface area contributed by atoms with Gasteiger partial charge in [-0.1, -0.05) is 46.6 Å². The monoisotopic (exact) mass is 282 g/mol. The van der Waals surface area contributed by atoms with Crippen LogP contribution in [0.25, 0.3) is 0 Å². The van der Waals surface area contributed by atoms with Crippen molar-refractivity contribution in [3.05, 3.63) is 11.6 Å². The SMILES string of the molecule is COC(=O)C=C(C)CCCC(C)(C)CCCC(C)(C)C. The molecule has 0 aromatic rings. The Hall–Kier alpha value is -0.790. The molecule has 0 saturated heterocycles. The van der Waals surface area contributed by atoms with E-state index in [0.717, 1.165) is 18.4 Å². The average Bonchev–Trinajstić information content (AvgIpc) is 2.26. The van der Waals surface area contributed by atoms with Crippen LogP contribution in [-0.2, 0) is 9.53 Å². The molecular formula is C18H34O2. The van der Waals surface area contributed by atoms with Crippen molar-refractivity contribution in [2.75, 3.05) is 7.11 Å². The minimum Gasteiger partial charge on any atom is -0.466 e. The highest BCUT2D eigenvalue weighted by Gasteiger charge is 2.19. The summed E-state index contributed by atoms with van der Waals surface area (Å²) in [5, 5.41) is 0. The first kappa shape index (κ1) is 19.2. The maximum Gasteiger partial charge on any atom is 0.330 e. The average molecular weight is 282 g/mol. The summed E-state index contributed by atoms with van der Waals surface area (Å²) in [6.07, 6.45) is 8.81. The molecule has 0 saturated carbocycles. The number of hydrogen-bond acceptors (Lipinski definition) is 2. The molecule has 0 radical (unpaired) electrons. The van der Waals surface area contributed by atoms with E-state index in [1.54, 1.807) is 6.08 Å². The van der Waals surface area contributed by atoms with Crippen molar-refractivity contribution in [2.45, 2.75) is 80.1 Å². The first-order chi connectivity index (χ1) is 9.06. The number of ether oxygens (including phenoxy) is 1. The summed E-state index contributed by atoms with van der Waals surface area (Å²) in [6.45, 7) is 13.6. The first-order valence-electron chi connectivity index (χ1n) is 7.81. The van der Waals surface area contributed by atoms with Gasteiger partial charge in [0.05, 0.1) is 7.11 Å². The lowest BCUT2D eigenvalue weighted by Crippen LogP contribution is -2.13. The Kier molecular flexibility index (Phi) is 8.15. The normalized spacial score (nSPS) is 13.4. The summed E-state index contributed by atoms with van der Waals surface area (Å²) in [4.78, 5) is 11.1. The number of carbonyl (C=O) groups is 1. The summed E-state index contributed by atoms with van der Waals surface area (Å²) in [5.74, 6) is -0.244. The highest BCUT2D eigenvalue weighted by molar-refractivity contribution is 5.82. The van der Waals surface area contributed by atoms with E-state index >= 15 is 0 Å². The zero-order valence-corrected chi connectivity index (χ0v) is 14.6. The Morgan fingerprint density at radius 1 is 1.00 bits per heavy atom. The Morgan fingerprint density at radius 3 is 2.05 bits per heavy atom. The van der Waals surface area contributed by atoms with Crippen LogP contribution in [0.3, 0.4) is 0 Å². The van der Waals surface area contributed by atoms with E-state index in [1.807, 2.05) is 6.92 Å². The molecule has 0 unspecified atom stereocenters. The number of carbonyl (C=O) groups excluding carboxylic acids is 1. The third-order valence-electron chi connectivity index (χ3n) is 3.77. The molecule has 0 bridgehead atoms. The van der Waals surface area contributed by atoms with Gasteiger partial charge in [0.1, 0.15) is 0 Å². The van der Waals surface area contributed by atoms with Crippen LogP contribution in [0.1, 0.15) is 80.1 Å². The molecule has 0 aliphatic carbocycles. The quantitative estimate of drug-likeness (QED) is 0.433. The van der Waals surface area contributed by atoms with Crippen LogP contribution in [-0.4, -0.2) is 13.1 Å². The van der Waals surface area contributed by atoms with Gasteiger partial charge in [-0.2, -0.15) is 0 Å². The van der Waals surface area contributed by atoms with E-state index in [2.05, 4.69) is 39.4 Å². The summed E-state index contributed by atoms with van der Waals surface area (Å²) in [6, 6.07) is 0. The second-order valence-electron chi connectivity index (χ2n) is 7.95. The van der Waals surface area contributed by atoms with Crippen molar-refractivity contribution in [1.82, 2.24) is 0 Å². The molecule has 20 heavy (non-hydrogen) atoms. The van der Waals surface area contributed by atoms with Gasteiger partial charge in [-0.25, -0.2) is 4.79 Å². The van der Waals surface area contributed by atoms with Crippen LogP contribution in [0.2, 0.25) is 0 Å². The molecule has 0 rings (SSSR count). The van der Waals surface area contributed by atoms with Gasteiger partial charge in [-0.3, -0.25) is 0 Å². The summed E-state index contributed by atoms with van der Waals surface area (Å²) in [7, 11) is 1.42. The van der Waals surface area contributed by atoms with Crippen LogP contribution in [0.5, 0.6) is 0 Å². The number of rotatable bonds is 8. The van der Waals surface area contributed by atoms with Crippen LogP contribution in [0.4, 0.5) is 0 Å². The molecule has 0 fully saturated rings. The van der Waals surface area contributed by atoms with Crippen LogP contribution >= 0.6 is 0 Å². The number of methoxy groups -OCH3 is 1. The van der Waals surface area contributed by atoms with E-state index in [4.69, 9.17) is 0 Å². The third-order valence-corrected chi connectivity index (χ3v) is 3.77. The highest BCUT2D eigenvalue weighted by atomic mass is 16.5. The smallest absolute Gasteiger partial charge is 0.330 e. The molecule has 0 heterocycles. The molecule has 118 valence electrons. The van der Waals surface area contributed by atoms with E-state index < -0.39 is 0 Å². The molecule has 0 atom stereocenters. The van der Waals surface area contributed by atoms with Gasteiger partial charge in [-0.15, -0.1) is 0 Å². The summed E-state index contributed by atoms with van der Waals surface area (Å²) < 4.78 is 4.64. The van der Waals surface area contributed by atoms with Gasteiger partial charge >= 0.3 is 5.97 Å². The molecule has 0 N–H and O–H groups in total. The predicted octanol–water partition coefficient (Wildman–Crippen LogP) is 5.52. The number of esters is 1. The maximum absolute atomic E-state index is 11.1.